The van der Waals surface area contributed by atoms with Gasteiger partial charge in [-0.1, -0.05) is 26.0 Å². The van der Waals surface area contributed by atoms with Gasteiger partial charge < -0.3 is 25.0 Å². The zero-order chi connectivity index (χ0) is 20.2. The van der Waals surface area contributed by atoms with Crippen molar-refractivity contribution in [2.75, 3.05) is 47.9 Å². The minimum absolute atomic E-state index is 0.213. The zero-order valence-electron chi connectivity index (χ0n) is 18.1. The van der Waals surface area contributed by atoms with Gasteiger partial charge in [-0.2, -0.15) is 0 Å². The molecule has 6 heteroatoms. The maximum atomic E-state index is 5.81. The van der Waals surface area contributed by atoms with E-state index in [1.54, 1.807) is 14.2 Å². The van der Waals surface area contributed by atoms with Crippen LogP contribution < -0.4 is 15.4 Å². The Morgan fingerprint density at radius 1 is 1.22 bits per heavy atom. The fourth-order valence-electron chi connectivity index (χ4n) is 3.02. The summed E-state index contributed by atoms with van der Waals surface area (Å²) in [6, 6.07) is 8.41. The smallest absolute Gasteiger partial charge is 0.191 e. The number of guanidine groups is 1. The molecule has 27 heavy (non-hydrogen) atoms. The van der Waals surface area contributed by atoms with E-state index in [0.29, 0.717) is 5.92 Å². The highest BCUT2D eigenvalue weighted by molar-refractivity contribution is 5.79. The Morgan fingerprint density at radius 3 is 2.52 bits per heavy atom. The van der Waals surface area contributed by atoms with Gasteiger partial charge in [0, 0.05) is 26.7 Å². The molecule has 0 radical (unpaired) electrons. The number of nitrogens with one attached hydrogen (secondary N) is 2. The number of ether oxygens (including phenoxy) is 2. The predicted molar refractivity (Wildman–Crippen MR) is 114 cm³/mol. The van der Waals surface area contributed by atoms with E-state index in [-0.39, 0.29) is 12.1 Å². The largest absolute Gasteiger partial charge is 0.497 e. The topological polar surface area (TPSA) is 58.1 Å². The van der Waals surface area contributed by atoms with E-state index in [1.807, 2.05) is 19.1 Å². The van der Waals surface area contributed by atoms with E-state index < -0.39 is 0 Å². The van der Waals surface area contributed by atoms with Crippen molar-refractivity contribution in [3.63, 3.8) is 0 Å². The van der Waals surface area contributed by atoms with Crippen molar-refractivity contribution in [1.82, 2.24) is 15.5 Å². The number of benzene rings is 1. The molecular weight excluding hydrogens is 340 g/mol. The molecule has 0 saturated heterocycles. The Hall–Kier alpha value is -1.79. The lowest BCUT2D eigenvalue weighted by molar-refractivity contribution is 0.0258. The van der Waals surface area contributed by atoms with Crippen LogP contribution in [0.2, 0.25) is 0 Å². The maximum absolute atomic E-state index is 5.81. The third-order valence-electron chi connectivity index (χ3n) is 4.63. The molecule has 2 unspecified atom stereocenters. The van der Waals surface area contributed by atoms with Gasteiger partial charge in [-0.15, -0.1) is 0 Å². The van der Waals surface area contributed by atoms with E-state index in [4.69, 9.17) is 9.47 Å². The summed E-state index contributed by atoms with van der Waals surface area (Å²) in [5.41, 5.74) is 1.21. The van der Waals surface area contributed by atoms with E-state index in [0.717, 1.165) is 37.8 Å². The number of aliphatic imine (C=N–C) groups is 1. The normalized spacial score (nSPS) is 14.3. The van der Waals surface area contributed by atoms with Gasteiger partial charge in [-0.3, -0.25) is 4.99 Å². The van der Waals surface area contributed by atoms with Crippen LogP contribution in [0.1, 0.15) is 38.8 Å². The molecule has 0 aliphatic carbocycles. The van der Waals surface area contributed by atoms with Crippen molar-refractivity contribution >= 4 is 5.96 Å². The lowest BCUT2D eigenvalue weighted by Crippen LogP contribution is -2.42. The van der Waals surface area contributed by atoms with Gasteiger partial charge in [0.1, 0.15) is 5.75 Å². The summed E-state index contributed by atoms with van der Waals surface area (Å²) >= 11 is 0. The summed E-state index contributed by atoms with van der Waals surface area (Å²) in [5, 5.41) is 6.83. The molecule has 0 heterocycles. The molecule has 0 bridgehead atoms. The van der Waals surface area contributed by atoms with Crippen LogP contribution in [-0.2, 0) is 4.74 Å². The second kappa shape index (κ2) is 12.6. The van der Waals surface area contributed by atoms with E-state index >= 15 is 0 Å². The second-order valence-corrected chi connectivity index (χ2v) is 7.16. The maximum Gasteiger partial charge on any atom is 0.191 e. The third kappa shape index (κ3) is 8.18. The van der Waals surface area contributed by atoms with Gasteiger partial charge in [0.25, 0.3) is 0 Å². The molecule has 1 rings (SSSR count). The third-order valence-corrected chi connectivity index (χ3v) is 4.63. The van der Waals surface area contributed by atoms with Gasteiger partial charge in [-0.05, 0) is 51.1 Å². The molecule has 0 aliphatic heterocycles. The van der Waals surface area contributed by atoms with Gasteiger partial charge >= 0.3 is 0 Å². The molecule has 6 nitrogen and oxygen atoms in total. The number of likely N-dealkylation sites (N-methyl/N-ethyl adjacent to an activating group) is 1. The number of hydrogen-bond acceptors (Lipinski definition) is 4. The molecule has 0 aliphatic rings. The Balaban J connectivity index is 2.60. The first kappa shape index (κ1) is 23.2. The zero-order valence-corrected chi connectivity index (χ0v) is 18.1. The Morgan fingerprint density at radius 2 is 1.96 bits per heavy atom. The molecule has 2 atom stereocenters. The fourth-order valence-corrected chi connectivity index (χ4v) is 3.02. The van der Waals surface area contributed by atoms with Crippen molar-refractivity contribution in [3.8, 4) is 5.75 Å². The summed E-state index contributed by atoms with van der Waals surface area (Å²) in [6.07, 6.45) is 1.23. The Bertz CT molecular complexity index is 561. The molecule has 0 spiro atoms. The second-order valence-electron chi connectivity index (χ2n) is 7.16. The van der Waals surface area contributed by atoms with Gasteiger partial charge in [0.05, 0.1) is 19.3 Å². The predicted octanol–water partition coefficient (Wildman–Crippen LogP) is 2.91. The average Bonchev–Trinajstić information content (AvgIpc) is 2.65. The van der Waals surface area contributed by atoms with Gasteiger partial charge in [-0.25, -0.2) is 0 Å². The highest BCUT2D eigenvalue weighted by Gasteiger charge is 2.16. The van der Waals surface area contributed by atoms with Crippen LogP contribution in [0.5, 0.6) is 5.75 Å². The van der Waals surface area contributed by atoms with Crippen LogP contribution in [-0.4, -0.2) is 64.9 Å². The highest BCUT2D eigenvalue weighted by atomic mass is 16.5. The number of methoxy groups -OCH3 is 1. The SMILES string of the molecule is CCOC(CCNC(=NC)NCC(c1cccc(OC)c1)N(C)C)C(C)C. The van der Waals surface area contributed by atoms with Crippen LogP contribution >= 0.6 is 0 Å². The molecule has 154 valence electrons. The summed E-state index contributed by atoms with van der Waals surface area (Å²) in [5.74, 6) is 2.19. The molecule has 0 fully saturated rings. The van der Waals surface area contributed by atoms with Gasteiger partial charge in [0.2, 0.25) is 0 Å². The lowest BCUT2D eigenvalue weighted by Gasteiger charge is -2.26. The first-order valence-electron chi connectivity index (χ1n) is 9.79. The fraction of sp³-hybridized carbons (Fsp3) is 0.667. The van der Waals surface area contributed by atoms with Crippen molar-refractivity contribution in [3.05, 3.63) is 29.8 Å². The summed E-state index contributed by atoms with van der Waals surface area (Å²) in [4.78, 5) is 6.54. The summed E-state index contributed by atoms with van der Waals surface area (Å²) in [6.45, 7) is 8.77. The van der Waals surface area contributed by atoms with Crippen molar-refractivity contribution in [2.24, 2.45) is 10.9 Å². The van der Waals surface area contributed by atoms with E-state index in [2.05, 4.69) is 60.6 Å². The summed E-state index contributed by atoms with van der Waals surface area (Å²) < 4.78 is 11.2. The van der Waals surface area contributed by atoms with Crippen molar-refractivity contribution in [2.45, 2.75) is 39.3 Å². The highest BCUT2D eigenvalue weighted by Crippen LogP contribution is 2.22. The number of hydrogen-bond donors (Lipinski definition) is 2. The number of nitrogens with zero attached hydrogens (tertiary/aromatic N) is 2. The van der Waals surface area contributed by atoms with Crippen LogP contribution in [0.3, 0.4) is 0 Å². The molecule has 1 aromatic carbocycles. The molecule has 0 amide bonds. The van der Waals surface area contributed by atoms with Crippen LogP contribution in [0, 0.1) is 5.92 Å². The summed E-state index contributed by atoms with van der Waals surface area (Å²) in [7, 11) is 7.66. The van der Waals surface area contributed by atoms with Crippen LogP contribution in [0.15, 0.2) is 29.3 Å². The van der Waals surface area contributed by atoms with Gasteiger partial charge in [0.15, 0.2) is 5.96 Å². The minimum Gasteiger partial charge on any atom is -0.497 e. The molecule has 2 N–H and O–H groups in total. The van der Waals surface area contributed by atoms with Crippen molar-refractivity contribution in [1.29, 1.82) is 0 Å². The first-order valence-corrected chi connectivity index (χ1v) is 9.79. The van der Waals surface area contributed by atoms with E-state index in [1.165, 1.54) is 5.56 Å². The van der Waals surface area contributed by atoms with Crippen LogP contribution in [0.25, 0.3) is 0 Å². The first-order chi connectivity index (χ1) is 12.9. The molecular formula is C21H38N4O2. The quantitative estimate of drug-likeness (QED) is 0.458. The standard InChI is InChI=1S/C21H38N4O2/c1-8-27-20(16(2)3)12-13-23-21(22-4)24-15-19(25(5)6)17-10-9-11-18(14-17)26-7/h9-11,14,16,19-20H,8,12-13,15H2,1-7H3,(H2,22,23,24). The molecule has 0 aromatic heterocycles. The van der Waals surface area contributed by atoms with Crippen molar-refractivity contribution < 1.29 is 9.47 Å². The average molecular weight is 379 g/mol. The monoisotopic (exact) mass is 378 g/mol. The Kier molecular flexibility index (Phi) is 10.8. The van der Waals surface area contributed by atoms with E-state index in [9.17, 15) is 0 Å². The Labute approximate surface area is 165 Å². The lowest BCUT2D eigenvalue weighted by atomic mass is 10.0. The van der Waals surface area contributed by atoms with Crippen LogP contribution in [0.4, 0.5) is 0 Å². The number of rotatable bonds is 11. The minimum atomic E-state index is 0.213. The molecule has 1 aromatic rings. The molecule has 0 saturated carbocycles.